The van der Waals surface area contributed by atoms with Gasteiger partial charge in [0.05, 0.1) is 0 Å². The van der Waals surface area contributed by atoms with Gasteiger partial charge in [-0.2, -0.15) is 0 Å². The fraction of sp³-hybridized carbons (Fsp3) is 0.316. The van der Waals surface area contributed by atoms with Crippen LogP contribution in [0.5, 0.6) is 11.5 Å². The van der Waals surface area contributed by atoms with Crippen molar-refractivity contribution in [3.05, 3.63) is 60.2 Å². The van der Waals surface area contributed by atoms with Crippen molar-refractivity contribution in [3.63, 3.8) is 0 Å². The monoisotopic (exact) mass is 310 g/mol. The van der Waals surface area contributed by atoms with E-state index in [0.29, 0.717) is 12.1 Å². The Balaban J connectivity index is 1.49. The van der Waals surface area contributed by atoms with E-state index in [9.17, 15) is 4.79 Å². The molecule has 0 atom stereocenters. The molecule has 0 bridgehead atoms. The Hall–Kier alpha value is -2.33. The molecule has 23 heavy (non-hydrogen) atoms. The number of rotatable bonds is 6. The minimum absolute atomic E-state index is 0.0320. The van der Waals surface area contributed by atoms with Crippen molar-refractivity contribution < 1.29 is 9.53 Å². The van der Waals surface area contributed by atoms with Gasteiger partial charge < -0.3 is 15.0 Å². The number of amides is 1. The van der Waals surface area contributed by atoms with E-state index in [2.05, 4.69) is 10.2 Å². The maximum Gasteiger partial charge on any atom is 0.251 e. The van der Waals surface area contributed by atoms with Gasteiger partial charge in [0.25, 0.3) is 5.91 Å². The Morgan fingerprint density at radius 3 is 2.30 bits per heavy atom. The molecule has 0 saturated carbocycles. The first-order valence-electron chi connectivity index (χ1n) is 8.15. The van der Waals surface area contributed by atoms with Crippen LogP contribution < -0.4 is 10.1 Å². The number of carbonyl (C=O) groups excluding carboxylic acids is 1. The number of nitrogens with zero attached hydrogens (tertiary/aromatic N) is 1. The molecule has 1 amide bonds. The van der Waals surface area contributed by atoms with Gasteiger partial charge in [-0.3, -0.25) is 4.79 Å². The van der Waals surface area contributed by atoms with Crippen LogP contribution in [0.2, 0.25) is 0 Å². The number of nitrogens with one attached hydrogen (secondary N) is 1. The SMILES string of the molecule is O=C(NCCN1CCCC1)c1ccc(Oc2ccccc2)cc1. The van der Waals surface area contributed by atoms with Gasteiger partial charge >= 0.3 is 0 Å². The van der Waals surface area contributed by atoms with E-state index in [0.717, 1.165) is 31.1 Å². The third-order valence-electron chi connectivity index (χ3n) is 4.01. The van der Waals surface area contributed by atoms with Gasteiger partial charge in [-0.25, -0.2) is 0 Å². The highest BCUT2D eigenvalue weighted by molar-refractivity contribution is 5.94. The lowest BCUT2D eigenvalue weighted by Crippen LogP contribution is -2.33. The van der Waals surface area contributed by atoms with E-state index in [1.807, 2.05) is 42.5 Å². The molecule has 0 spiro atoms. The second-order valence-corrected chi connectivity index (χ2v) is 5.74. The van der Waals surface area contributed by atoms with Crippen molar-refractivity contribution in [2.45, 2.75) is 12.8 Å². The van der Waals surface area contributed by atoms with Crippen LogP contribution >= 0.6 is 0 Å². The largest absolute Gasteiger partial charge is 0.457 e. The maximum absolute atomic E-state index is 12.1. The Kier molecular flexibility index (Phi) is 5.27. The van der Waals surface area contributed by atoms with Gasteiger partial charge in [0.1, 0.15) is 11.5 Å². The average molecular weight is 310 g/mol. The summed E-state index contributed by atoms with van der Waals surface area (Å²) in [4.78, 5) is 14.5. The number of benzene rings is 2. The van der Waals surface area contributed by atoms with Crippen LogP contribution in [0.3, 0.4) is 0 Å². The summed E-state index contributed by atoms with van der Waals surface area (Å²) in [7, 11) is 0. The molecule has 0 unspecified atom stereocenters. The van der Waals surface area contributed by atoms with Crippen LogP contribution in [0.4, 0.5) is 0 Å². The fourth-order valence-corrected chi connectivity index (χ4v) is 2.73. The molecule has 120 valence electrons. The smallest absolute Gasteiger partial charge is 0.251 e. The molecular weight excluding hydrogens is 288 g/mol. The lowest BCUT2D eigenvalue weighted by atomic mass is 10.2. The van der Waals surface area contributed by atoms with E-state index in [-0.39, 0.29) is 5.91 Å². The van der Waals surface area contributed by atoms with Gasteiger partial charge in [-0.1, -0.05) is 18.2 Å². The molecule has 1 aliphatic rings. The van der Waals surface area contributed by atoms with Gasteiger partial charge in [0, 0.05) is 18.7 Å². The minimum Gasteiger partial charge on any atom is -0.457 e. The minimum atomic E-state index is -0.0320. The summed E-state index contributed by atoms with van der Waals surface area (Å²) in [6.45, 7) is 3.94. The number of para-hydroxylation sites is 1. The van der Waals surface area contributed by atoms with E-state index in [1.54, 1.807) is 12.1 Å². The zero-order chi connectivity index (χ0) is 15.9. The molecular formula is C19H22N2O2. The van der Waals surface area contributed by atoms with Gasteiger partial charge in [0.15, 0.2) is 0 Å². The summed E-state index contributed by atoms with van der Waals surface area (Å²) in [5.74, 6) is 1.48. The Morgan fingerprint density at radius 2 is 1.61 bits per heavy atom. The summed E-state index contributed by atoms with van der Waals surface area (Å²) in [5.41, 5.74) is 0.659. The van der Waals surface area contributed by atoms with Crippen molar-refractivity contribution in [1.29, 1.82) is 0 Å². The second-order valence-electron chi connectivity index (χ2n) is 5.74. The highest BCUT2D eigenvalue weighted by Crippen LogP contribution is 2.21. The van der Waals surface area contributed by atoms with E-state index in [1.165, 1.54) is 12.8 Å². The fourth-order valence-electron chi connectivity index (χ4n) is 2.73. The molecule has 1 N–H and O–H groups in total. The molecule has 2 aromatic rings. The number of carbonyl (C=O) groups is 1. The highest BCUT2D eigenvalue weighted by atomic mass is 16.5. The van der Waals surface area contributed by atoms with Gasteiger partial charge in [-0.05, 0) is 62.3 Å². The first-order chi connectivity index (χ1) is 11.3. The standard InChI is InChI=1S/C19H22N2O2/c22-19(20-12-15-21-13-4-5-14-21)16-8-10-18(11-9-16)23-17-6-2-1-3-7-17/h1-3,6-11H,4-5,12-15H2,(H,20,22). The summed E-state index contributed by atoms with van der Waals surface area (Å²) in [5, 5.41) is 2.97. The number of likely N-dealkylation sites (tertiary alicyclic amines) is 1. The predicted octanol–water partition coefficient (Wildman–Crippen LogP) is 3.30. The predicted molar refractivity (Wildman–Crippen MR) is 91.0 cm³/mol. The van der Waals surface area contributed by atoms with Crippen LogP contribution in [-0.4, -0.2) is 37.0 Å². The summed E-state index contributed by atoms with van der Waals surface area (Å²) < 4.78 is 5.72. The van der Waals surface area contributed by atoms with Gasteiger partial charge in [0.2, 0.25) is 0 Å². The quantitative estimate of drug-likeness (QED) is 0.890. The zero-order valence-electron chi connectivity index (χ0n) is 13.2. The molecule has 0 aliphatic carbocycles. The van der Waals surface area contributed by atoms with Crippen LogP contribution in [0, 0.1) is 0 Å². The van der Waals surface area contributed by atoms with Crippen molar-refractivity contribution in [2.75, 3.05) is 26.2 Å². The average Bonchev–Trinajstić information content (AvgIpc) is 3.10. The number of hydrogen-bond acceptors (Lipinski definition) is 3. The van der Waals surface area contributed by atoms with E-state index < -0.39 is 0 Å². The number of hydrogen-bond donors (Lipinski definition) is 1. The van der Waals surface area contributed by atoms with Crippen LogP contribution in [0.1, 0.15) is 23.2 Å². The molecule has 3 rings (SSSR count). The molecule has 1 fully saturated rings. The highest BCUT2D eigenvalue weighted by Gasteiger charge is 2.11. The Labute approximate surface area is 137 Å². The van der Waals surface area contributed by atoms with E-state index >= 15 is 0 Å². The van der Waals surface area contributed by atoms with E-state index in [4.69, 9.17) is 4.74 Å². The lowest BCUT2D eigenvalue weighted by molar-refractivity contribution is 0.0950. The van der Waals surface area contributed by atoms with Crippen molar-refractivity contribution >= 4 is 5.91 Å². The van der Waals surface area contributed by atoms with Crippen LogP contribution in [-0.2, 0) is 0 Å². The van der Waals surface area contributed by atoms with Crippen molar-refractivity contribution in [2.24, 2.45) is 0 Å². The normalized spacial score (nSPS) is 14.6. The molecule has 2 aromatic carbocycles. The Morgan fingerprint density at radius 1 is 0.957 bits per heavy atom. The molecule has 1 saturated heterocycles. The molecule has 0 aromatic heterocycles. The summed E-state index contributed by atoms with van der Waals surface area (Å²) >= 11 is 0. The van der Waals surface area contributed by atoms with Crippen molar-refractivity contribution in [1.82, 2.24) is 10.2 Å². The van der Waals surface area contributed by atoms with Gasteiger partial charge in [-0.15, -0.1) is 0 Å². The molecule has 4 nitrogen and oxygen atoms in total. The molecule has 4 heteroatoms. The molecule has 0 radical (unpaired) electrons. The summed E-state index contributed by atoms with van der Waals surface area (Å²) in [6, 6.07) is 16.8. The maximum atomic E-state index is 12.1. The third kappa shape index (κ3) is 4.57. The summed E-state index contributed by atoms with van der Waals surface area (Å²) in [6.07, 6.45) is 2.55. The number of ether oxygens (including phenoxy) is 1. The molecule has 1 aliphatic heterocycles. The molecule has 1 heterocycles. The Bertz CT molecular complexity index is 620. The first-order valence-corrected chi connectivity index (χ1v) is 8.15. The lowest BCUT2D eigenvalue weighted by Gasteiger charge is -2.14. The van der Waals surface area contributed by atoms with Crippen LogP contribution in [0.15, 0.2) is 54.6 Å². The third-order valence-corrected chi connectivity index (χ3v) is 4.01. The van der Waals surface area contributed by atoms with Crippen LogP contribution in [0.25, 0.3) is 0 Å². The van der Waals surface area contributed by atoms with Crippen molar-refractivity contribution in [3.8, 4) is 11.5 Å². The zero-order valence-corrected chi connectivity index (χ0v) is 13.2. The first kappa shape index (κ1) is 15.6. The second kappa shape index (κ2) is 7.79. The topological polar surface area (TPSA) is 41.6 Å².